The maximum atomic E-state index is 6.05. The van der Waals surface area contributed by atoms with Crippen LogP contribution < -0.4 is 10.5 Å². The molecular formula is C12H9BrCl2N2O. The third kappa shape index (κ3) is 2.88. The molecule has 0 unspecified atom stereocenters. The van der Waals surface area contributed by atoms with Gasteiger partial charge in [0.25, 0.3) is 0 Å². The van der Waals surface area contributed by atoms with E-state index in [0.717, 1.165) is 5.56 Å². The fourth-order valence-corrected chi connectivity index (χ4v) is 2.10. The van der Waals surface area contributed by atoms with Crippen LogP contribution in [0.15, 0.2) is 28.9 Å². The number of anilines is 1. The molecular weight excluding hydrogens is 339 g/mol. The van der Waals surface area contributed by atoms with E-state index >= 15 is 0 Å². The van der Waals surface area contributed by atoms with Crippen LogP contribution in [0.4, 0.5) is 5.69 Å². The minimum absolute atomic E-state index is 0.374. The number of ether oxygens (including phenoxy) is 1. The number of aromatic nitrogens is 1. The van der Waals surface area contributed by atoms with Crippen molar-refractivity contribution in [1.29, 1.82) is 0 Å². The van der Waals surface area contributed by atoms with E-state index in [4.69, 9.17) is 33.7 Å². The van der Waals surface area contributed by atoms with E-state index < -0.39 is 0 Å². The zero-order valence-corrected chi connectivity index (χ0v) is 12.5. The van der Waals surface area contributed by atoms with Crippen molar-refractivity contribution in [2.75, 3.05) is 5.73 Å². The van der Waals surface area contributed by atoms with Gasteiger partial charge in [0.05, 0.1) is 10.0 Å². The smallest absolute Gasteiger partial charge is 0.221 e. The maximum absolute atomic E-state index is 6.05. The fraction of sp³-hybridized carbons (Fsp3) is 0.0833. The van der Waals surface area contributed by atoms with Crippen molar-refractivity contribution in [1.82, 2.24) is 4.98 Å². The molecule has 0 aliphatic heterocycles. The average molecular weight is 348 g/mol. The normalized spacial score (nSPS) is 10.4. The summed E-state index contributed by atoms with van der Waals surface area (Å²) in [4.78, 5) is 4.11. The van der Waals surface area contributed by atoms with E-state index in [-0.39, 0.29) is 0 Å². The lowest BCUT2D eigenvalue weighted by Gasteiger charge is -2.09. The summed E-state index contributed by atoms with van der Waals surface area (Å²) in [5.74, 6) is 0.805. The molecule has 0 bridgehead atoms. The van der Waals surface area contributed by atoms with Crippen LogP contribution in [-0.2, 0) is 0 Å². The molecule has 1 aromatic heterocycles. The lowest BCUT2D eigenvalue weighted by atomic mass is 10.3. The van der Waals surface area contributed by atoms with Crippen molar-refractivity contribution in [3.05, 3.63) is 44.5 Å². The Morgan fingerprint density at radius 2 is 1.94 bits per heavy atom. The molecule has 0 spiro atoms. The molecule has 2 rings (SSSR count). The summed E-state index contributed by atoms with van der Waals surface area (Å²) in [6.45, 7) is 1.87. The van der Waals surface area contributed by atoms with Crippen LogP contribution in [0, 0.1) is 6.92 Å². The van der Waals surface area contributed by atoms with Gasteiger partial charge in [-0.1, -0.05) is 23.2 Å². The number of hydrogen-bond donors (Lipinski definition) is 1. The van der Waals surface area contributed by atoms with E-state index in [9.17, 15) is 0 Å². The monoisotopic (exact) mass is 346 g/mol. The summed E-state index contributed by atoms with van der Waals surface area (Å²) in [6, 6.07) is 4.92. The van der Waals surface area contributed by atoms with Gasteiger partial charge in [0.15, 0.2) is 0 Å². The molecule has 0 saturated carbocycles. The molecule has 18 heavy (non-hydrogen) atoms. The maximum Gasteiger partial charge on any atom is 0.221 e. The summed E-state index contributed by atoms with van der Waals surface area (Å²) < 4.78 is 6.26. The van der Waals surface area contributed by atoms with Crippen LogP contribution >= 0.6 is 39.1 Å². The van der Waals surface area contributed by atoms with Gasteiger partial charge in [0.1, 0.15) is 5.75 Å². The van der Waals surface area contributed by atoms with Gasteiger partial charge in [0, 0.05) is 28.5 Å². The summed E-state index contributed by atoms with van der Waals surface area (Å²) in [5.41, 5.74) is 7.28. The number of halogens is 3. The summed E-state index contributed by atoms with van der Waals surface area (Å²) in [7, 11) is 0. The minimum atomic E-state index is 0.374. The molecule has 3 nitrogen and oxygen atoms in total. The lowest BCUT2D eigenvalue weighted by Crippen LogP contribution is -1.94. The van der Waals surface area contributed by atoms with Gasteiger partial charge in [-0.25, -0.2) is 4.98 Å². The number of benzene rings is 1. The van der Waals surface area contributed by atoms with Gasteiger partial charge in [0.2, 0.25) is 5.88 Å². The number of nitrogens with zero attached hydrogens (tertiary/aromatic N) is 1. The molecule has 2 aromatic rings. The van der Waals surface area contributed by atoms with Crippen molar-refractivity contribution in [2.24, 2.45) is 0 Å². The fourth-order valence-electron chi connectivity index (χ4n) is 1.27. The second-order valence-corrected chi connectivity index (χ2v) is 5.35. The Labute approximate surface area is 123 Å². The Balaban J connectivity index is 2.34. The zero-order valence-electron chi connectivity index (χ0n) is 9.38. The SMILES string of the molecule is Cc1cnc(Oc2cc(Cl)c(Br)cc2Cl)cc1N. The summed E-state index contributed by atoms with van der Waals surface area (Å²) in [5, 5.41) is 0.946. The molecule has 0 atom stereocenters. The van der Waals surface area contributed by atoms with Crippen LogP contribution in [0.5, 0.6) is 11.6 Å². The minimum Gasteiger partial charge on any atom is -0.437 e. The average Bonchev–Trinajstić information content (AvgIpc) is 2.31. The van der Waals surface area contributed by atoms with E-state index in [1.54, 1.807) is 24.4 Å². The number of pyridine rings is 1. The van der Waals surface area contributed by atoms with Gasteiger partial charge in [-0.2, -0.15) is 0 Å². The topological polar surface area (TPSA) is 48.1 Å². The van der Waals surface area contributed by atoms with Gasteiger partial charge in [-0.15, -0.1) is 0 Å². The van der Waals surface area contributed by atoms with E-state index in [1.165, 1.54) is 0 Å². The first kappa shape index (κ1) is 13.5. The predicted octanol–water partition coefficient (Wildman–Crippen LogP) is 4.83. The highest BCUT2D eigenvalue weighted by Gasteiger charge is 2.09. The quantitative estimate of drug-likeness (QED) is 0.791. The van der Waals surface area contributed by atoms with Gasteiger partial charge >= 0.3 is 0 Å². The van der Waals surface area contributed by atoms with Crippen molar-refractivity contribution in [3.8, 4) is 11.6 Å². The zero-order chi connectivity index (χ0) is 13.3. The number of nitrogen functional groups attached to an aromatic ring is 1. The highest BCUT2D eigenvalue weighted by molar-refractivity contribution is 9.10. The number of rotatable bonds is 2. The lowest BCUT2D eigenvalue weighted by molar-refractivity contribution is 0.463. The van der Waals surface area contributed by atoms with Gasteiger partial charge < -0.3 is 10.5 Å². The first-order valence-electron chi connectivity index (χ1n) is 5.02. The largest absolute Gasteiger partial charge is 0.437 e. The molecule has 0 fully saturated rings. The molecule has 0 aliphatic carbocycles. The van der Waals surface area contributed by atoms with E-state index in [1.807, 2.05) is 6.92 Å². The van der Waals surface area contributed by atoms with Crippen LogP contribution in [-0.4, -0.2) is 4.98 Å². The Hall–Kier alpha value is -0.970. The standard InChI is InChI=1S/C12H9BrCl2N2O/c1-6-5-17-12(4-10(6)16)18-11-3-8(14)7(13)2-9(11)15/h2-5H,1H3,(H2,16,17). The Morgan fingerprint density at radius 1 is 1.22 bits per heavy atom. The molecule has 0 aliphatic rings. The van der Waals surface area contributed by atoms with Crippen molar-refractivity contribution >= 4 is 44.8 Å². The molecule has 6 heteroatoms. The van der Waals surface area contributed by atoms with Gasteiger partial charge in [-0.05, 0) is 34.5 Å². The molecule has 94 valence electrons. The van der Waals surface area contributed by atoms with Crippen LogP contribution in [0.1, 0.15) is 5.56 Å². The third-order valence-electron chi connectivity index (χ3n) is 2.31. The van der Waals surface area contributed by atoms with E-state index in [0.29, 0.717) is 31.8 Å². The van der Waals surface area contributed by atoms with Crippen molar-refractivity contribution < 1.29 is 4.74 Å². The van der Waals surface area contributed by atoms with Crippen LogP contribution in [0.3, 0.4) is 0 Å². The third-order valence-corrected chi connectivity index (χ3v) is 3.80. The molecule has 1 aromatic carbocycles. The highest BCUT2D eigenvalue weighted by Crippen LogP contribution is 2.36. The first-order chi connectivity index (χ1) is 8.47. The molecule has 0 amide bonds. The second-order valence-electron chi connectivity index (χ2n) is 3.68. The highest BCUT2D eigenvalue weighted by atomic mass is 79.9. The molecule has 0 saturated heterocycles. The second kappa shape index (κ2) is 5.34. The first-order valence-corrected chi connectivity index (χ1v) is 6.57. The Morgan fingerprint density at radius 3 is 2.61 bits per heavy atom. The summed E-state index contributed by atoms with van der Waals surface area (Å²) in [6.07, 6.45) is 1.64. The Kier molecular flexibility index (Phi) is 4.00. The number of nitrogens with two attached hydrogens (primary N) is 1. The molecule has 1 heterocycles. The van der Waals surface area contributed by atoms with E-state index in [2.05, 4.69) is 20.9 Å². The number of aryl methyl sites for hydroxylation is 1. The molecule has 0 radical (unpaired) electrons. The van der Waals surface area contributed by atoms with Crippen molar-refractivity contribution in [2.45, 2.75) is 6.92 Å². The van der Waals surface area contributed by atoms with Gasteiger partial charge in [-0.3, -0.25) is 0 Å². The van der Waals surface area contributed by atoms with Crippen LogP contribution in [0.25, 0.3) is 0 Å². The summed E-state index contributed by atoms with van der Waals surface area (Å²) >= 11 is 15.3. The van der Waals surface area contributed by atoms with Crippen molar-refractivity contribution in [3.63, 3.8) is 0 Å². The predicted molar refractivity (Wildman–Crippen MR) is 77.6 cm³/mol. The molecule has 2 N–H and O–H groups in total. The number of hydrogen-bond acceptors (Lipinski definition) is 3. The Bertz CT molecular complexity index is 605. The van der Waals surface area contributed by atoms with Crippen LogP contribution in [0.2, 0.25) is 10.0 Å².